The van der Waals surface area contributed by atoms with Crippen LogP contribution in [0.15, 0.2) is 142 Å². The van der Waals surface area contributed by atoms with Gasteiger partial charge in [0.2, 0.25) is 5.71 Å². The maximum Gasteiger partial charge on any atom is 0.247 e. The summed E-state index contributed by atoms with van der Waals surface area (Å²) in [5, 5.41) is 10.4. The molecule has 0 saturated carbocycles. The first-order chi connectivity index (χ1) is 24.7. The second-order valence-corrected chi connectivity index (χ2v) is 12.6. The highest BCUT2D eigenvalue weighted by Gasteiger charge is 2.24. The van der Waals surface area contributed by atoms with E-state index in [1.807, 2.05) is 50.2 Å². The number of hydrogen-bond donors (Lipinski definition) is 0. The number of halogens is 1. The monoisotopic (exact) mass is 665 g/mol. The van der Waals surface area contributed by atoms with Crippen molar-refractivity contribution < 1.29 is 8.83 Å². The molecular formula is C44H28ClN3O2. The Bertz CT molecular complexity index is 3150. The van der Waals surface area contributed by atoms with Crippen molar-refractivity contribution in [3.8, 4) is 16.9 Å². The number of hydrogen-bond acceptors (Lipinski definition) is 4. The summed E-state index contributed by atoms with van der Waals surface area (Å²) < 4.78 is 15.4. The van der Waals surface area contributed by atoms with Gasteiger partial charge in [-0.3, -0.25) is 0 Å². The summed E-state index contributed by atoms with van der Waals surface area (Å²) in [6.07, 6.45) is 0. The molecule has 0 fully saturated rings. The summed E-state index contributed by atoms with van der Waals surface area (Å²) in [7, 11) is 0. The lowest BCUT2D eigenvalue weighted by molar-refractivity contribution is 0.653. The molecule has 0 radical (unpaired) electrons. The molecule has 4 heterocycles. The third-order valence-corrected chi connectivity index (χ3v) is 9.95. The van der Waals surface area contributed by atoms with Gasteiger partial charge in [0.05, 0.1) is 11.0 Å². The van der Waals surface area contributed by atoms with Gasteiger partial charge in [0.15, 0.2) is 10.7 Å². The zero-order chi connectivity index (χ0) is 33.5. The maximum atomic E-state index is 7.01. The lowest BCUT2D eigenvalue weighted by Gasteiger charge is -2.11. The molecule has 0 unspecified atom stereocenters. The van der Waals surface area contributed by atoms with E-state index in [0.29, 0.717) is 22.1 Å². The molecule has 0 bridgehead atoms. The van der Waals surface area contributed by atoms with Crippen molar-refractivity contribution in [2.45, 2.75) is 13.8 Å². The first-order valence-corrected chi connectivity index (χ1v) is 17.2. The molecule has 0 aliphatic carbocycles. The summed E-state index contributed by atoms with van der Waals surface area (Å²) in [5.74, 6) is 0. The third-order valence-electron chi connectivity index (χ3n) is 9.68. The molecule has 5 nitrogen and oxygen atoms in total. The predicted molar refractivity (Wildman–Crippen MR) is 208 cm³/mol. The van der Waals surface area contributed by atoms with Crippen LogP contribution in [0.2, 0.25) is 5.15 Å². The number of para-hydroxylation sites is 2. The Kier molecular flexibility index (Phi) is 6.29. The normalized spacial score (nSPS) is 11.9. The molecule has 0 saturated heterocycles. The molecule has 7 aromatic carbocycles. The Morgan fingerprint density at radius 2 is 1.26 bits per heavy atom. The van der Waals surface area contributed by atoms with Gasteiger partial charge >= 0.3 is 0 Å². The van der Waals surface area contributed by atoms with Gasteiger partial charge in [0.1, 0.15) is 22.4 Å². The molecule has 11 aromatic rings. The van der Waals surface area contributed by atoms with Crippen molar-refractivity contribution in [1.82, 2.24) is 14.5 Å². The van der Waals surface area contributed by atoms with Crippen molar-refractivity contribution in [3.05, 3.63) is 139 Å². The minimum absolute atomic E-state index is 0.325. The summed E-state index contributed by atoms with van der Waals surface area (Å²) in [6, 6.07) is 46.1. The topological polar surface area (TPSA) is 57.0 Å². The molecule has 0 aliphatic heterocycles. The molecule has 0 N–H and O–H groups in total. The largest absolute Gasteiger partial charge is 0.453 e. The fraction of sp³-hybridized carbons (Fsp3) is 0.0455. The fourth-order valence-electron chi connectivity index (χ4n) is 7.65. The van der Waals surface area contributed by atoms with Crippen molar-refractivity contribution in [1.29, 1.82) is 0 Å². The molecule has 6 heteroatoms. The lowest BCUT2D eigenvalue weighted by atomic mass is 9.98. The quantitative estimate of drug-likeness (QED) is 0.184. The molecule has 0 amide bonds. The van der Waals surface area contributed by atoms with Crippen LogP contribution in [0.1, 0.15) is 13.8 Å². The van der Waals surface area contributed by atoms with Crippen LogP contribution in [0.25, 0.3) is 104 Å². The van der Waals surface area contributed by atoms with Crippen LogP contribution in [0.5, 0.6) is 0 Å². The van der Waals surface area contributed by atoms with Crippen LogP contribution in [0, 0.1) is 0 Å². The predicted octanol–water partition coefficient (Wildman–Crippen LogP) is 13.0. The van der Waals surface area contributed by atoms with E-state index in [-0.39, 0.29) is 0 Å². The Hall–Kier alpha value is -6.17. The highest BCUT2D eigenvalue weighted by Crippen LogP contribution is 2.47. The van der Waals surface area contributed by atoms with Gasteiger partial charge < -0.3 is 13.4 Å². The highest BCUT2D eigenvalue weighted by atomic mass is 35.5. The van der Waals surface area contributed by atoms with Gasteiger partial charge in [-0.25, -0.2) is 9.97 Å². The number of nitrogens with zero attached hydrogens (tertiary/aromatic N) is 3. The van der Waals surface area contributed by atoms with Crippen molar-refractivity contribution >= 4 is 99.1 Å². The Labute approximate surface area is 290 Å². The fourth-order valence-corrected chi connectivity index (χ4v) is 7.89. The number of benzene rings is 7. The molecular weight excluding hydrogens is 638 g/mol. The third kappa shape index (κ3) is 3.95. The summed E-state index contributed by atoms with van der Waals surface area (Å²) >= 11 is 6.86. The maximum absolute atomic E-state index is 7.01. The van der Waals surface area contributed by atoms with Crippen LogP contribution in [-0.2, 0) is 0 Å². The van der Waals surface area contributed by atoms with Gasteiger partial charge in [-0.2, -0.15) is 0 Å². The van der Waals surface area contributed by atoms with Crippen LogP contribution in [0.4, 0.5) is 0 Å². The van der Waals surface area contributed by atoms with E-state index >= 15 is 0 Å². The van der Waals surface area contributed by atoms with E-state index in [2.05, 4.69) is 102 Å². The average molecular weight is 666 g/mol. The second-order valence-electron chi connectivity index (χ2n) is 12.3. The van der Waals surface area contributed by atoms with Gasteiger partial charge in [-0.1, -0.05) is 123 Å². The Morgan fingerprint density at radius 3 is 2.10 bits per heavy atom. The van der Waals surface area contributed by atoms with E-state index in [1.165, 1.54) is 10.8 Å². The Balaban J connectivity index is 0.00000156. The molecule has 0 atom stereocenters. The summed E-state index contributed by atoms with van der Waals surface area (Å²) in [4.78, 5) is 9.63. The zero-order valence-corrected chi connectivity index (χ0v) is 28.0. The van der Waals surface area contributed by atoms with Gasteiger partial charge in [0.25, 0.3) is 0 Å². The van der Waals surface area contributed by atoms with Gasteiger partial charge in [0, 0.05) is 43.6 Å². The average Bonchev–Trinajstić information content (AvgIpc) is 3.85. The molecule has 0 aliphatic rings. The molecule has 0 spiro atoms. The first kappa shape index (κ1) is 28.8. The number of aromatic nitrogens is 3. The standard InChI is InChI=1S/C42H22ClN3O2.C2H6/c43-41-36(45-42-37(44-41)30-17-6-8-19-33(30)47-42)24-11-9-12-25(22-24)46-32-18-7-5-16-29(32)34-27-14-3-4-15-28(27)35-31-21-20-23-10-1-2-13-26(23)39(31)48-40(35)38(34)46;1-2/h1-22H;1-2H3. The molecule has 4 aromatic heterocycles. The number of furan rings is 2. The van der Waals surface area contributed by atoms with E-state index in [4.69, 9.17) is 30.4 Å². The SMILES string of the molecule is CC.Clc1nc2c(nc1-c1cccc(-n3c4ccccc4c4c5ccccc5c5c6ccc7ccccc7c6oc5c43)c1)oc1ccccc12. The Morgan fingerprint density at radius 1 is 0.560 bits per heavy atom. The minimum atomic E-state index is 0.325. The number of fused-ring (bicyclic) bond motifs is 15. The smallest absolute Gasteiger partial charge is 0.247 e. The van der Waals surface area contributed by atoms with Crippen molar-refractivity contribution in [2.24, 2.45) is 0 Å². The number of rotatable bonds is 2. The van der Waals surface area contributed by atoms with Crippen molar-refractivity contribution in [2.75, 3.05) is 0 Å². The molecule has 50 heavy (non-hydrogen) atoms. The lowest BCUT2D eigenvalue weighted by Crippen LogP contribution is -1.96. The zero-order valence-electron chi connectivity index (χ0n) is 27.2. The van der Waals surface area contributed by atoms with E-state index in [0.717, 1.165) is 76.7 Å². The molecule has 11 rings (SSSR count). The first-order valence-electron chi connectivity index (χ1n) is 16.9. The van der Waals surface area contributed by atoms with Crippen LogP contribution < -0.4 is 0 Å². The van der Waals surface area contributed by atoms with E-state index in [9.17, 15) is 0 Å². The van der Waals surface area contributed by atoms with Crippen LogP contribution in [-0.4, -0.2) is 14.5 Å². The molecule has 238 valence electrons. The van der Waals surface area contributed by atoms with Gasteiger partial charge in [-0.15, -0.1) is 0 Å². The van der Waals surface area contributed by atoms with Crippen LogP contribution >= 0.6 is 11.6 Å². The van der Waals surface area contributed by atoms with E-state index in [1.54, 1.807) is 0 Å². The van der Waals surface area contributed by atoms with Crippen LogP contribution in [0.3, 0.4) is 0 Å². The minimum Gasteiger partial charge on any atom is -0.453 e. The summed E-state index contributed by atoms with van der Waals surface area (Å²) in [5.41, 5.74) is 8.07. The second kappa shape index (κ2) is 10.9. The highest BCUT2D eigenvalue weighted by molar-refractivity contribution is 6.36. The van der Waals surface area contributed by atoms with E-state index < -0.39 is 0 Å². The summed E-state index contributed by atoms with van der Waals surface area (Å²) in [6.45, 7) is 4.00. The van der Waals surface area contributed by atoms with Crippen molar-refractivity contribution in [3.63, 3.8) is 0 Å². The van der Waals surface area contributed by atoms with Gasteiger partial charge in [-0.05, 0) is 52.6 Å².